The van der Waals surface area contributed by atoms with E-state index in [9.17, 15) is 9.59 Å². The molecule has 0 N–H and O–H groups in total. The third-order valence-electron chi connectivity index (χ3n) is 3.47. The van der Waals surface area contributed by atoms with E-state index < -0.39 is 5.41 Å². The summed E-state index contributed by atoms with van der Waals surface area (Å²) < 4.78 is 4.59. The van der Waals surface area contributed by atoms with Crippen molar-refractivity contribution in [1.29, 1.82) is 0 Å². The van der Waals surface area contributed by atoms with Gasteiger partial charge in [-0.2, -0.15) is 0 Å². The zero-order valence-corrected chi connectivity index (χ0v) is 8.22. The first-order chi connectivity index (χ1) is 5.86. The molecule has 2 rings (SSSR count). The van der Waals surface area contributed by atoms with E-state index in [1.807, 2.05) is 6.92 Å². The van der Waals surface area contributed by atoms with Crippen molar-refractivity contribution in [1.82, 2.24) is 0 Å². The highest BCUT2D eigenvalue weighted by Crippen LogP contribution is 2.63. The quantitative estimate of drug-likeness (QED) is 0.456. The van der Waals surface area contributed by atoms with Crippen LogP contribution in [0.15, 0.2) is 0 Å². The molecular formula is C10H14O3. The summed E-state index contributed by atoms with van der Waals surface area (Å²) in [7, 11) is 0. The predicted octanol–water partition coefficient (Wildman–Crippen LogP) is 1.51. The zero-order valence-electron chi connectivity index (χ0n) is 8.22. The molecule has 1 aliphatic heterocycles. The number of carbonyl (C=O) groups is 2. The molecule has 1 saturated heterocycles. The summed E-state index contributed by atoms with van der Waals surface area (Å²) in [5.41, 5.74) is -0.334. The van der Waals surface area contributed by atoms with Crippen LogP contribution in [0, 0.1) is 16.7 Å². The topological polar surface area (TPSA) is 43.4 Å². The molecule has 0 spiro atoms. The van der Waals surface area contributed by atoms with E-state index in [1.165, 1.54) is 0 Å². The second-order valence-electron chi connectivity index (χ2n) is 5.10. The van der Waals surface area contributed by atoms with Crippen molar-refractivity contribution in [2.45, 2.75) is 33.6 Å². The van der Waals surface area contributed by atoms with Gasteiger partial charge in [0.2, 0.25) is 0 Å². The summed E-state index contributed by atoms with van der Waals surface area (Å²) in [5, 5.41) is 0. The summed E-state index contributed by atoms with van der Waals surface area (Å²) >= 11 is 0. The molecule has 0 radical (unpaired) electrons. The fourth-order valence-corrected chi connectivity index (χ4v) is 2.45. The average molecular weight is 182 g/mol. The minimum absolute atomic E-state index is 0.207. The normalized spacial score (nSPS) is 41.9. The molecule has 1 heterocycles. The van der Waals surface area contributed by atoms with Gasteiger partial charge in [-0.05, 0) is 24.7 Å². The second-order valence-corrected chi connectivity index (χ2v) is 5.10. The van der Waals surface area contributed by atoms with Crippen molar-refractivity contribution in [2.24, 2.45) is 16.7 Å². The number of cyclic esters (lactones) is 2. The molecule has 1 aliphatic carbocycles. The molecule has 3 nitrogen and oxygen atoms in total. The van der Waals surface area contributed by atoms with E-state index in [4.69, 9.17) is 0 Å². The lowest BCUT2D eigenvalue weighted by molar-refractivity contribution is -0.155. The van der Waals surface area contributed by atoms with E-state index in [2.05, 4.69) is 18.6 Å². The van der Waals surface area contributed by atoms with E-state index in [-0.39, 0.29) is 23.8 Å². The first kappa shape index (κ1) is 8.73. The minimum Gasteiger partial charge on any atom is -0.393 e. The van der Waals surface area contributed by atoms with Gasteiger partial charge < -0.3 is 4.74 Å². The van der Waals surface area contributed by atoms with Crippen LogP contribution in [0.3, 0.4) is 0 Å². The van der Waals surface area contributed by atoms with Crippen molar-refractivity contribution >= 4 is 11.9 Å². The molecule has 0 bridgehead atoms. The minimum atomic E-state index is -0.541. The Kier molecular flexibility index (Phi) is 1.44. The standard InChI is InChI=1S/C10H14O3/c1-9(2)4-6(9)10(3)5-7(11)13-8(10)12/h6H,4-5H2,1-3H3. The molecule has 13 heavy (non-hydrogen) atoms. The molecule has 72 valence electrons. The van der Waals surface area contributed by atoms with Gasteiger partial charge >= 0.3 is 11.9 Å². The first-order valence-corrected chi connectivity index (χ1v) is 4.61. The Morgan fingerprint density at radius 1 is 1.31 bits per heavy atom. The maximum absolute atomic E-state index is 11.4. The van der Waals surface area contributed by atoms with Gasteiger partial charge in [0.15, 0.2) is 0 Å². The van der Waals surface area contributed by atoms with Gasteiger partial charge in [-0.25, -0.2) is 0 Å². The lowest BCUT2D eigenvalue weighted by atomic mass is 9.80. The third kappa shape index (κ3) is 1.10. The highest BCUT2D eigenvalue weighted by Gasteiger charge is 2.63. The largest absolute Gasteiger partial charge is 0.393 e. The number of carbonyl (C=O) groups excluding carboxylic acids is 2. The number of ether oxygens (including phenoxy) is 1. The lowest BCUT2D eigenvalue weighted by Gasteiger charge is -2.19. The summed E-state index contributed by atoms with van der Waals surface area (Å²) in [6.07, 6.45) is 1.28. The molecule has 2 atom stereocenters. The maximum Gasteiger partial charge on any atom is 0.320 e. The Morgan fingerprint density at radius 2 is 1.85 bits per heavy atom. The summed E-state index contributed by atoms with van der Waals surface area (Å²) in [4.78, 5) is 22.4. The summed E-state index contributed by atoms with van der Waals surface area (Å²) in [6, 6.07) is 0. The molecule has 0 aromatic rings. The van der Waals surface area contributed by atoms with Gasteiger partial charge in [0.1, 0.15) is 0 Å². The first-order valence-electron chi connectivity index (χ1n) is 4.61. The predicted molar refractivity (Wildman–Crippen MR) is 45.7 cm³/mol. The SMILES string of the molecule is CC1(C)CC1C1(C)CC(=O)OC1=O. The molecule has 3 heteroatoms. The van der Waals surface area contributed by atoms with E-state index >= 15 is 0 Å². The number of esters is 2. The molecule has 2 unspecified atom stereocenters. The van der Waals surface area contributed by atoms with Crippen LogP contribution in [0.2, 0.25) is 0 Å². The van der Waals surface area contributed by atoms with Gasteiger partial charge in [-0.15, -0.1) is 0 Å². The van der Waals surface area contributed by atoms with E-state index in [0.29, 0.717) is 5.92 Å². The fourth-order valence-electron chi connectivity index (χ4n) is 2.45. The van der Waals surface area contributed by atoms with E-state index in [0.717, 1.165) is 6.42 Å². The van der Waals surface area contributed by atoms with Gasteiger partial charge in [0.05, 0.1) is 11.8 Å². The molecule has 0 aromatic heterocycles. The van der Waals surface area contributed by atoms with Crippen LogP contribution >= 0.6 is 0 Å². The lowest BCUT2D eigenvalue weighted by Crippen LogP contribution is -2.26. The van der Waals surface area contributed by atoms with Crippen molar-refractivity contribution in [3.05, 3.63) is 0 Å². The van der Waals surface area contributed by atoms with Gasteiger partial charge in [-0.3, -0.25) is 9.59 Å². The molecule has 1 saturated carbocycles. The summed E-state index contributed by atoms with van der Waals surface area (Å²) in [6.45, 7) is 6.09. The third-order valence-corrected chi connectivity index (χ3v) is 3.47. The van der Waals surface area contributed by atoms with Crippen LogP contribution in [0.4, 0.5) is 0 Å². The zero-order chi connectivity index (χ0) is 9.85. The molecular weight excluding hydrogens is 168 g/mol. The molecule has 0 amide bonds. The van der Waals surface area contributed by atoms with E-state index in [1.54, 1.807) is 0 Å². The van der Waals surface area contributed by atoms with Crippen LogP contribution in [0.1, 0.15) is 33.6 Å². The Hall–Kier alpha value is -0.860. The highest BCUT2D eigenvalue weighted by molar-refractivity contribution is 5.97. The Balaban J connectivity index is 2.23. The second kappa shape index (κ2) is 2.14. The van der Waals surface area contributed by atoms with Crippen LogP contribution in [-0.4, -0.2) is 11.9 Å². The van der Waals surface area contributed by atoms with Crippen molar-refractivity contribution in [3.63, 3.8) is 0 Å². The van der Waals surface area contributed by atoms with Crippen LogP contribution in [0.5, 0.6) is 0 Å². The molecule has 2 fully saturated rings. The van der Waals surface area contributed by atoms with Crippen molar-refractivity contribution in [2.75, 3.05) is 0 Å². The summed E-state index contributed by atoms with van der Waals surface area (Å²) in [5.74, 6) is -0.373. The molecule has 2 aliphatic rings. The van der Waals surface area contributed by atoms with Gasteiger partial charge in [0.25, 0.3) is 0 Å². The number of rotatable bonds is 1. The molecule has 0 aromatic carbocycles. The number of hydrogen-bond donors (Lipinski definition) is 0. The fraction of sp³-hybridized carbons (Fsp3) is 0.800. The Labute approximate surface area is 77.4 Å². The van der Waals surface area contributed by atoms with Gasteiger partial charge in [-0.1, -0.05) is 13.8 Å². The van der Waals surface area contributed by atoms with Gasteiger partial charge in [0, 0.05) is 0 Å². The number of hydrogen-bond acceptors (Lipinski definition) is 3. The Morgan fingerprint density at radius 3 is 2.15 bits per heavy atom. The Bertz CT molecular complexity index is 293. The van der Waals surface area contributed by atoms with Crippen LogP contribution in [-0.2, 0) is 14.3 Å². The van der Waals surface area contributed by atoms with Crippen molar-refractivity contribution in [3.8, 4) is 0 Å². The monoisotopic (exact) mass is 182 g/mol. The van der Waals surface area contributed by atoms with Crippen LogP contribution in [0.25, 0.3) is 0 Å². The smallest absolute Gasteiger partial charge is 0.320 e. The average Bonchev–Trinajstić information content (AvgIpc) is 2.51. The van der Waals surface area contributed by atoms with Crippen LogP contribution < -0.4 is 0 Å². The highest BCUT2D eigenvalue weighted by atomic mass is 16.6. The van der Waals surface area contributed by atoms with Crippen molar-refractivity contribution < 1.29 is 14.3 Å². The maximum atomic E-state index is 11.4.